The van der Waals surface area contributed by atoms with E-state index in [2.05, 4.69) is 15.9 Å². The summed E-state index contributed by atoms with van der Waals surface area (Å²) in [7, 11) is 0. The summed E-state index contributed by atoms with van der Waals surface area (Å²) in [5, 5.41) is 8.84. The molecule has 120 valence electrons. The largest absolute Gasteiger partial charge is 0.481 e. The molecule has 2 rings (SSSR count). The molecule has 6 nitrogen and oxygen atoms in total. The van der Waals surface area contributed by atoms with Crippen LogP contribution in [0.25, 0.3) is 0 Å². The number of carbonyl (C=O) groups excluding carboxylic acids is 1. The molecule has 1 aromatic rings. The Morgan fingerprint density at radius 1 is 1.36 bits per heavy atom. The molecule has 0 atom stereocenters. The predicted octanol–water partition coefficient (Wildman–Crippen LogP) is 2.75. The first-order valence-corrected chi connectivity index (χ1v) is 7.78. The van der Waals surface area contributed by atoms with Gasteiger partial charge in [-0.1, -0.05) is 13.8 Å². The number of amides is 1. The second-order valence-electron chi connectivity index (χ2n) is 5.48. The maximum atomic E-state index is 12.7. The zero-order valence-corrected chi connectivity index (χ0v) is 14.1. The van der Waals surface area contributed by atoms with Gasteiger partial charge in [-0.2, -0.15) is 0 Å². The van der Waals surface area contributed by atoms with Gasteiger partial charge >= 0.3 is 5.97 Å². The smallest absolute Gasteiger partial charge is 0.305 e. The van der Waals surface area contributed by atoms with Crippen LogP contribution in [0.5, 0.6) is 11.5 Å². The van der Waals surface area contributed by atoms with E-state index in [1.807, 2.05) is 13.8 Å². The molecule has 1 amide bonds. The summed E-state index contributed by atoms with van der Waals surface area (Å²) in [6, 6.07) is 3.30. The Morgan fingerprint density at radius 3 is 2.73 bits per heavy atom. The number of hydrogen-bond acceptors (Lipinski definition) is 4. The zero-order valence-electron chi connectivity index (χ0n) is 12.5. The Balaban J connectivity index is 2.22. The highest BCUT2D eigenvalue weighted by atomic mass is 79.9. The van der Waals surface area contributed by atoms with Gasteiger partial charge in [0.15, 0.2) is 11.5 Å². The molecule has 0 saturated heterocycles. The van der Waals surface area contributed by atoms with Gasteiger partial charge in [0.25, 0.3) is 5.91 Å². The van der Waals surface area contributed by atoms with E-state index in [0.29, 0.717) is 28.1 Å². The zero-order chi connectivity index (χ0) is 16.3. The van der Waals surface area contributed by atoms with Crippen molar-refractivity contribution in [3.05, 3.63) is 22.2 Å². The van der Waals surface area contributed by atoms with E-state index in [0.717, 1.165) is 0 Å². The molecule has 0 radical (unpaired) electrons. The van der Waals surface area contributed by atoms with Crippen LogP contribution in [0.3, 0.4) is 0 Å². The molecule has 0 aliphatic carbocycles. The van der Waals surface area contributed by atoms with Crippen molar-refractivity contribution >= 4 is 27.8 Å². The molecule has 0 unspecified atom stereocenters. The van der Waals surface area contributed by atoms with Crippen molar-refractivity contribution in [2.24, 2.45) is 5.92 Å². The molecule has 1 aromatic carbocycles. The average Bonchev–Trinajstić information content (AvgIpc) is 2.91. The monoisotopic (exact) mass is 371 g/mol. The Bertz CT molecular complexity index is 588. The summed E-state index contributed by atoms with van der Waals surface area (Å²) in [5.41, 5.74) is 0.446. The summed E-state index contributed by atoms with van der Waals surface area (Å²) in [4.78, 5) is 25.0. The molecule has 7 heteroatoms. The first-order valence-electron chi connectivity index (χ1n) is 6.98. The SMILES string of the molecule is CC(C)CN(CCC(=O)O)C(=O)c1cc(Br)c2c(c1)OCO2. The number of fused-ring (bicyclic) bond motifs is 1. The number of aliphatic carboxylic acids is 1. The highest BCUT2D eigenvalue weighted by Crippen LogP contribution is 2.40. The molecule has 0 bridgehead atoms. The third-order valence-electron chi connectivity index (χ3n) is 3.14. The third kappa shape index (κ3) is 3.91. The molecule has 0 saturated carbocycles. The van der Waals surface area contributed by atoms with Crippen LogP contribution in [0.2, 0.25) is 0 Å². The van der Waals surface area contributed by atoms with Crippen LogP contribution in [-0.4, -0.2) is 41.8 Å². The van der Waals surface area contributed by atoms with Gasteiger partial charge in [0.05, 0.1) is 10.9 Å². The van der Waals surface area contributed by atoms with Crippen LogP contribution in [0.4, 0.5) is 0 Å². The van der Waals surface area contributed by atoms with Gasteiger partial charge in [-0.3, -0.25) is 9.59 Å². The number of carboxylic acid groups (broad SMARTS) is 1. The van der Waals surface area contributed by atoms with E-state index in [1.165, 1.54) is 0 Å². The molecule has 1 heterocycles. The van der Waals surface area contributed by atoms with E-state index in [1.54, 1.807) is 17.0 Å². The van der Waals surface area contributed by atoms with Crippen molar-refractivity contribution in [3.63, 3.8) is 0 Å². The van der Waals surface area contributed by atoms with Crippen LogP contribution in [-0.2, 0) is 4.79 Å². The fourth-order valence-corrected chi connectivity index (χ4v) is 2.78. The molecule has 22 heavy (non-hydrogen) atoms. The highest BCUT2D eigenvalue weighted by Gasteiger charge is 2.23. The lowest BCUT2D eigenvalue weighted by Crippen LogP contribution is -2.36. The first kappa shape index (κ1) is 16.6. The number of rotatable bonds is 6. The summed E-state index contributed by atoms with van der Waals surface area (Å²) in [5.74, 6) is 0.204. The number of halogens is 1. The number of hydrogen-bond donors (Lipinski definition) is 1. The Kier molecular flexibility index (Phi) is 5.28. The van der Waals surface area contributed by atoms with Crippen LogP contribution in [0.1, 0.15) is 30.6 Å². The lowest BCUT2D eigenvalue weighted by Gasteiger charge is -2.24. The van der Waals surface area contributed by atoms with Gasteiger partial charge in [0.2, 0.25) is 6.79 Å². The number of nitrogens with zero attached hydrogens (tertiary/aromatic N) is 1. The summed E-state index contributed by atoms with van der Waals surface area (Å²) in [6.07, 6.45) is -0.0792. The van der Waals surface area contributed by atoms with E-state index in [9.17, 15) is 9.59 Å². The average molecular weight is 372 g/mol. The van der Waals surface area contributed by atoms with Crippen molar-refractivity contribution in [1.82, 2.24) is 4.90 Å². The van der Waals surface area contributed by atoms with Gasteiger partial charge in [0.1, 0.15) is 0 Å². The maximum absolute atomic E-state index is 12.7. The van der Waals surface area contributed by atoms with E-state index in [-0.39, 0.29) is 31.6 Å². The van der Waals surface area contributed by atoms with E-state index in [4.69, 9.17) is 14.6 Å². The second kappa shape index (κ2) is 7.00. The van der Waals surface area contributed by atoms with Crippen LogP contribution < -0.4 is 9.47 Å². The normalized spacial score (nSPS) is 12.5. The molecule has 0 aromatic heterocycles. The van der Waals surface area contributed by atoms with Gasteiger partial charge in [-0.15, -0.1) is 0 Å². The fourth-order valence-electron chi connectivity index (χ4n) is 2.22. The quantitative estimate of drug-likeness (QED) is 0.831. The molecular weight excluding hydrogens is 354 g/mol. The number of carbonyl (C=O) groups is 2. The standard InChI is InChI=1S/C15H18BrNO5/c1-9(2)7-17(4-3-13(18)19)15(20)10-5-11(16)14-12(6-10)21-8-22-14/h5-6,9H,3-4,7-8H2,1-2H3,(H,18,19). The second-order valence-corrected chi connectivity index (χ2v) is 6.33. The Labute approximate surface area is 137 Å². The van der Waals surface area contributed by atoms with Crippen LogP contribution in [0, 0.1) is 5.92 Å². The van der Waals surface area contributed by atoms with Crippen LogP contribution >= 0.6 is 15.9 Å². The van der Waals surface area contributed by atoms with Gasteiger partial charge < -0.3 is 19.5 Å². The van der Waals surface area contributed by atoms with E-state index < -0.39 is 5.97 Å². The van der Waals surface area contributed by atoms with Crippen molar-refractivity contribution in [2.75, 3.05) is 19.9 Å². The number of carboxylic acids is 1. The Morgan fingerprint density at radius 2 is 2.09 bits per heavy atom. The van der Waals surface area contributed by atoms with Crippen molar-refractivity contribution in [1.29, 1.82) is 0 Å². The van der Waals surface area contributed by atoms with Crippen LogP contribution in [0.15, 0.2) is 16.6 Å². The van der Waals surface area contributed by atoms with Crippen molar-refractivity contribution < 1.29 is 24.2 Å². The van der Waals surface area contributed by atoms with Crippen molar-refractivity contribution in [3.8, 4) is 11.5 Å². The first-order chi connectivity index (χ1) is 10.4. The topological polar surface area (TPSA) is 76.1 Å². The van der Waals surface area contributed by atoms with Gasteiger partial charge in [-0.25, -0.2) is 0 Å². The molecule has 0 spiro atoms. The molecule has 1 aliphatic heterocycles. The summed E-state index contributed by atoms with van der Waals surface area (Å²) < 4.78 is 11.3. The lowest BCUT2D eigenvalue weighted by atomic mass is 10.1. The summed E-state index contributed by atoms with van der Waals surface area (Å²) >= 11 is 3.36. The number of benzene rings is 1. The fraction of sp³-hybridized carbons (Fsp3) is 0.467. The minimum absolute atomic E-state index is 0.0792. The predicted molar refractivity (Wildman–Crippen MR) is 83.3 cm³/mol. The van der Waals surface area contributed by atoms with Crippen molar-refractivity contribution in [2.45, 2.75) is 20.3 Å². The third-order valence-corrected chi connectivity index (χ3v) is 3.73. The molecule has 1 N–H and O–H groups in total. The summed E-state index contributed by atoms with van der Waals surface area (Å²) in [6.45, 7) is 4.77. The van der Waals surface area contributed by atoms with Gasteiger partial charge in [0, 0.05) is 18.7 Å². The highest BCUT2D eigenvalue weighted by molar-refractivity contribution is 9.10. The van der Waals surface area contributed by atoms with Gasteiger partial charge in [-0.05, 0) is 34.0 Å². The Hall–Kier alpha value is -1.76. The minimum atomic E-state index is -0.923. The molecular formula is C15H18BrNO5. The maximum Gasteiger partial charge on any atom is 0.305 e. The minimum Gasteiger partial charge on any atom is -0.481 e. The molecule has 0 fully saturated rings. The van der Waals surface area contributed by atoms with E-state index >= 15 is 0 Å². The number of ether oxygens (including phenoxy) is 2. The molecule has 1 aliphatic rings. The lowest BCUT2D eigenvalue weighted by molar-refractivity contribution is -0.137.